The lowest BCUT2D eigenvalue weighted by Crippen LogP contribution is -2.44. The number of halogens is 1. The molecule has 2 rings (SSSR count). The first-order valence-electron chi connectivity index (χ1n) is 5.72. The van der Waals surface area contributed by atoms with Gasteiger partial charge in [-0.2, -0.15) is 0 Å². The number of nitrogens with zero attached hydrogens (tertiary/aromatic N) is 1. The number of rotatable bonds is 2. The van der Waals surface area contributed by atoms with Gasteiger partial charge in [-0.3, -0.25) is 4.79 Å². The van der Waals surface area contributed by atoms with Gasteiger partial charge in [0.25, 0.3) is 0 Å². The molecule has 0 N–H and O–H groups in total. The van der Waals surface area contributed by atoms with Gasteiger partial charge in [0.2, 0.25) is 6.41 Å². The second-order valence-corrected chi connectivity index (χ2v) is 5.29. The van der Waals surface area contributed by atoms with E-state index in [-0.39, 0.29) is 12.1 Å². The fourth-order valence-electron chi connectivity index (χ4n) is 2.26. The minimum absolute atomic E-state index is 0.0259. The molecule has 0 spiro atoms. The number of carbonyl (C=O) groups is 1. The van der Waals surface area contributed by atoms with E-state index in [0.29, 0.717) is 13.2 Å². The molecule has 1 aliphatic heterocycles. The Labute approximate surface area is 110 Å². The molecular weight excluding hydrogens is 282 g/mol. The van der Waals surface area contributed by atoms with Crippen LogP contribution >= 0.6 is 15.9 Å². The van der Waals surface area contributed by atoms with Crippen molar-refractivity contribution in [3.63, 3.8) is 0 Å². The Kier molecular flexibility index (Phi) is 3.84. The van der Waals surface area contributed by atoms with E-state index < -0.39 is 0 Å². The van der Waals surface area contributed by atoms with Crippen LogP contribution in [0, 0.1) is 6.92 Å². The van der Waals surface area contributed by atoms with E-state index in [0.717, 1.165) is 16.4 Å². The summed E-state index contributed by atoms with van der Waals surface area (Å²) in [6.45, 7) is 5.37. The Morgan fingerprint density at radius 2 is 2.29 bits per heavy atom. The third kappa shape index (κ3) is 2.53. The first kappa shape index (κ1) is 12.6. The lowest BCUT2D eigenvalue weighted by Gasteiger charge is -2.37. The lowest BCUT2D eigenvalue weighted by atomic mass is 9.97. The van der Waals surface area contributed by atoms with Gasteiger partial charge in [-0.05, 0) is 37.1 Å². The van der Waals surface area contributed by atoms with Gasteiger partial charge in [0.05, 0.1) is 12.6 Å². The molecule has 0 aromatic heterocycles. The van der Waals surface area contributed by atoms with Crippen LogP contribution in [0.25, 0.3) is 0 Å². The Morgan fingerprint density at radius 3 is 2.94 bits per heavy atom. The zero-order valence-corrected chi connectivity index (χ0v) is 11.6. The van der Waals surface area contributed by atoms with Gasteiger partial charge in [0, 0.05) is 11.0 Å². The van der Waals surface area contributed by atoms with Crippen LogP contribution in [0.3, 0.4) is 0 Å². The van der Waals surface area contributed by atoms with Crippen molar-refractivity contribution in [2.24, 2.45) is 0 Å². The SMILES string of the molecule is Cc1cc(Br)ccc1[C@H]1OCCN(C=O)C1C. The third-order valence-corrected chi connectivity index (χ3v) is 3.78. The smallest absolute Gasteiger partial charge is 0.210 e. The van der Waals surface area contributed by atoms with Crippen LogP contribution < -0.4 is 0 Å². The monoisotopic (exact) mass is 297 g/mol. The highest BCUT2D eigenvalue weighted by atomic mass is 79.9. The van der Waals surface area contributed by atoms with Gasteiger partial charge in [-0.15, -0.1) is 0 Å². The predicted octanol–water partition coefficient (Wildman–Crippen LogP) is 2.68. The highest BCUT2D eigenvalue weighted by Gasteiger charge is 2.29. The molecule has 1 aromatic rings. The highest BCUT2D eigenvalue weighted by molar-refractivity contribution is 9.10. The summed E-state index contributed by atoms with van der Waals surface area (Å²) >= 11 is 3.45. The molecule has 1 unspecified atom stereocenters. The molecule has 0 saturated carbocycles. The molecule has 1 aromatic carbocycles. The quantitative estimate of drug-likeness (QED) is 0.786. The fraction of sp³-hybridized carbons (Fsp3) is 0.462. The Bertz CT molecular complexity index is 422. The molecule has 1 aliphatic rings. The van der Waals surface area contributed by atoms with E-state index in [1.807, 2.05) is 13.0 Å². The van der Waals surface area contributed by atoms with Crippen LogP contribution in [0.15, 0.2) is 22.7 Å². The van der Waals surface area contributed by atoms with Crippen LogP contribution in [0.1, 0.15) is 24.2 Å². The van der Waals surface area contributed by atoms with Crippen LogP contribution in [0.5, 0.6) is 0 Å². The Balaban J connectivity index is 2.29. The van der Waals surface area contributed by atoms with Crippen molar-refractivity contribution in [1.29, 1.82) is 0 Å². The minimum Gasteiger partial charge on any atom is -0.370 e. The molecular formula is C13H16BrNO2. The standard InChI is InChI=1S/C13H16BrNO2/c1-9-7-11(14)3-4-12(9)13-10(2)15(8-16)5-6-17-13/h3-4,7-8,10,13H,5-6H2,1-2H3/t10?,13-/m0/s1. The molecule has 2 atom stereocenters. The number of carbonyl (C=O) groups excluding carboxylic acids is 1. The van der Waals surface area contributed by atoms with Gasteiger partial charge >= 0.3 is 0 Å². The van der Waals surface area contributed by atoms with Gasteiger partial charge in [0.15, 0.2) is 0 Å². The van der Waals surface area contributed by atoms with Crippen molar-refractivity contribution in [3.8, 4) is 0 Å². The molecule has 1 heterocycles. The summed E-state index contributed by atoms with van der Waals surface area (Å²) in [6.07, 6.45) is 0.885. The molecule has 1 amide bonds. The maximum atomic E-state index is 10.9. The van der Waals surface area contributed by atoms with Crippen molar-refractivity contribution in [2.75, 3.05) is 13.2 Å². The lowest BCUT2D eigenvalue weighted by molar-refractivity contribution is -0.132. The number of ether oxygens (including phenoxy) is 1. The minimum atomic E-state index is -0.0259. The van der Waals surface area contributed by atoms with Crippen molar-refractivity contribution in [1.82, 2.24) is 4.90 Å². The summed E-state index contributed by atoms with van der Waals surface area (Å²) in [5, 5.41) is 0. The molecule has 0 radical (unpaired) electrons. The maximum absolute atomic E-state index is 10.9. The van der Waals surface area contributed by atoms with Crippen molar-refractivity contribution >= 4 is 22.3 Å². The number of aryl methyl sites for hydroxylation is 1. The van der Waals surface area contributed by atoms with E-state index in [4.69, 9.17) is 4.74 Å². The fourth-order valence-corrected chi connectivity index (χ4v) is 2.73. The summed E-state index contributed by atoms with van der Waals surface area (Å²) in [4.78, 5) is 12.8. The van der Waals surface area contributed by atoms with Crippen LogP contribution in [0.2, 0.25) is 0 Å². The number of benzene rings is 1. The molecule has 1 fully saturated rings. The normalized spacial score (nSPS) is 24.8. The zero-order chi connectivity index (χ0) is 12.4. The number of hydrogen-bond acceptors (Lipinski definition) is 2. The molecule has 3 nitrogen and oxygen atoms in total. The maximum Gasteiger partial charge on any atom is 0.210 e. The van der Waals surface area contributed by atoms with E-state index in [2.05, 4.69) is 35.0 Å². The summed E-state index contributed by atoms with van der Waals surface area (Å²) in [6, 6.07) is 6.24. The first-order valence-corrected chi connectivity index (χ1v) is 6.51. The molecule has 0 aliphatic carbocycles. The third-order valence-electron chi connectivity index (χ3n) is 3.28. The number of morpholine rings is 1. The van der Waals surface area contributed by atoms with Crippen LogP contribution in [0.4, 0.5) is 0 Å². The molecule has 4 heteroatoms. The van der Waals surface area contributed by atoms with Gasteiger partial charge in [0.1, 0.15) is 6.10 Å². The van der Waals surface area contributed by atoms with Gasteiger partial charge in [-0.25, -0.2) is 0 Å². The molecule has 17 heavy (non-hydrogen) atoms. The summed E-state index contributed by atoms with van der Waals surface area (Å²) in [5.41, 5.74) is 2.34. The van der Waals surface area contributed by atoms with Gasteiger partial charge < -0.3 is 9.64 Å². The average molecular weight is 298 g/mol. The van der Waals surface area contributed by atoms with Gasteiger partial charge in [-0.1, -0.05) is 22.0 Å². The highest BCUT2D eigenvalue weighted by Crippen LogP contribution is 2.31. The van der Waals surface area contributed by atoms with E-state index >= 15 is 0 Å². The summed E-state index contributed by atoms with van der Waals surface area (Å²) < 4.78 is 6.88. The molecule has 92 valence electrons. The largest absolute Gasteiger partial charge is 0.370 e. The summed E-state index contributed by atoms with van der Waals surface area (Å²) in [5.74, 6) is 0. The van der Waals surface area contributed by atoms with E-state index in [1.165, 1.54) is 5.56 Å². The van der Waals surface area contributed by atoms with Crippen molar-refractivity contribution in [2.45, 2.75) is 26.0 Å². The first-order chi connectivity index (χ1) is 8.13. The van der Waals surface area contributed by atoms with Crippen molar-refractivity contribution < 1.29 is 9.53 Å². The second kappa shape index (κ2) is 5.19. The Hall–Kier alpha value is -0.870. The average Bonchev–Trinajstić information content (AvgIpc) is 2.30. The van der Waals surface area contributed by atoms with E-state index in [1.54, 1.807) is 4.90 Å². The topological polar surface area (TPSA) is 29.5 Å². The summed E-state index contributed by atoms with van der Waals surface area (Å²) in [7, 11) is 0. The zero-order valence-electron chi connectivity index (χ0n) is 10.0. The number of amides is 1. The predicted molar refractivity (Wildman–Crippen MR) is 69.8 cm³/mol. The Morgan fingerprint density at radius 1 is 1.53 bits per heavy atom. The van der Waals surface area contributed by atoms with Crippen LogP contribution in [-0.4, -0.2) is 30.5 Å². The van der Waals surface area contributed by atoms with Crippen LogP contribution in [-0.2, 0) is 9.53 Å². The molecule has 0 bridgehead atoms. The molecule has 1 saturated heterocycles. The second-order valence-electron chi connectivity index (χ2n) is 4.38. The van der Waals surface area contributed by atoms with E-state index in [9.17, 15) is 4.79 Å². The number of hydrogen-bond donors (Lipinski definition) is 0. The van der Waals surface area contributed by atoms with Crippen molar-refractivity contribution in [3.05, 3.63) is 33.8 Å².